The average Bonchev–Trinajstić information content (AvgIpc) is 3.44. The third kappa shape index (κ3) is 4.98. The van der Waals surface area contributed by atoms with Gasteiger partial charge in [-0.15, -0.1) is 0 Å². The second-order valence-electron chi connectivity index (χ2n) is 10.9. The fourth-order valence-electron chi connectivity index (χ4n) is 6.20. The minimum absolute atomic E-state index is 0.126. The molecule has 0 aliphatic carbocycles. The Kier molecular flexibility index (Phi) is 7.51. The van der Waals surface area contributed by atoms with Crippen LogP contribution in [0.25, 0.3) is 5.69 Å². The molecule has 0 unspecified atom stereocenters. The van der Waals surface area contributed by atoms with Crippen molar-refractivity contribution in [2.45, 2.75) is 45.7 Å². The van der Waals surface area contributed by atoms with Crippen molar-refractivity contribution in [3.8, 4) is 5.69 Å². The molecule has 2 aromatic heterocycles. The van der Waals surface area contributed by atoms with E-state index in [0.717, 1.165) is 58.2 Å². The summed E-state index contributed by atoms with van der Waals surface area (Å²) in [5, 5.41) is 5.70. The first-order valence-electron chi connectivity index (χ1n) is 13.8. The number of benzene rings is 2. The van der Waals surface area contributed by atoms with Gasteiger partial charge < -0.3 is 19.7 Å². The Labute approximate surface area is 251 Å². The molecule has 0 radical (unpaired) electrons. The molecule has 0 bridgehead atoms. The lowest BCUT2D eigenvalue weighted by Gasteiger charge is -2.33. The van der Waals surface area contributed by atoms with E-state index >= 15 is 0 Å². The van der Waals surface area contributed by atoms with Crippen molar-refractivity contribution in [2.75, 3.05) is 22.9 Å². The first-order valence-corrected chi connectivity index (χ1v) is 15.0. The number of thiocarbonyl (C=S) groups is 1. The van der Waals surface area contributed by atoms with Crippen LogP contribution in [0.3, 0.4) is 0 Å². The normalized spacial score (nSPS) is 19.8. The molecule has 2 fully saturated rings. The topological polar surface area (TPSA) is 36.3 Å². The van der Waals surface area contributed by atoms with Crippen LogP contribution in [0.2, 0.25) is 10.0 Å². The van der Waals surface area contributed by atoms with Crippen molar-refractivity contribution >= 4 is 51.9 Å². The van der Waals surface area contributed by atoms with Crippen molar-refractivity contribution < 1.29 is 0 Å². The third-order valence-electron chi connectivity index (χ3n) is 8.29. The van der Waals surface area contributed by atoms with E-state index in [2.05, 4.69) is 76.9 Å². The van der Waals surface area contributed by atoms with Crippen LogP contribution in [-0.4, -0.2) is 27.8 Å². The standard InChI is InChI=1S/C32H33Cl2N5S/c1-20-12-15-37(16-13-20)29-11-10-25(19-27(29)34)39-31(30(36-32(39)40)28-9-4-5-14-35-28)26-17-21(2)38(22(26)3)24-8-6-7-23(33)18-24/h4-11,14,17-20,30-31H,12-13,15-16H2,1-3H3,(H,36,40)/t30-,31-/m1/s1. The molecular formula is C32H33Cl2N5S. The van der Waals surface area contributed by atoms with Gasteiger partial charge >= 0.3 is 0 Å². The van der Waals surface area contributed by atoms with Crippen molar-refractivity contribution in [1.82, 2.24) is 14.9 Å². The van der Waals surface area contributed by atoms with Gasteiger partial charge in [0.25, 0.3) is 0 Å². The van der Waals surface area contributed by atoms with Crippen LogP contribution in [0, 0.1) is 19.8 Å². The molecule has 2 aliphatic rings. The number of aryl methyl sites for hydroxylation is 1. The number of aromatic nitrogens is 2. The summed E-state index contributed by atoms with van der Waals surface area (Å²) in [5.74, 6) is 0.762. The summed E-state index contributed by atoms with van der Waals surface area (Å²) in [4.78, 5) is 9.32. The molecule has 0 saturated carbocycles. The summed E-state index contributed by atoms with van der Waals surface area (Å²) >= 11 is 19.3. The molecule has 6 rings (SSSR count). The van der Waals surface area contributed by atoms with Gasteiger partial charge in [-0.25, -0.2) is 0 Å². The molecule has 8 heteroatoms. The highest BCUT2D eigenvalue weighted by atomic mass is 35.5. The largest absolute Gasteiger partial charge is 0.370 e. The maximum Gasteiger partial charge on any atom is 0.174 e. The van der Waals surface area contributed by atoms with E-state index in [1.54, 1.807) is 0 Å². The maximum atomic E-state index is 6.97. The average molecular weight is 591 g/mol. The molecule has 2 saturated heterocycles. The van der Waals surface area contributed by atoms with Gasteiger partial charge in [-0.3, -0.25) is 4.98 Å². The summed E-state index contributed by atoms with van der Waals surface area (Å²) in [7, 11) is 0. The number of nitrogens with zero attached hydrogens (tertiary/aromatic N) is 4. The molecule has 0 spiro atoms. The zero-order valence-corrected chi connectivity index (χ0v) is 25.3. The van der Waals surface area contributed by atoms with Crippen LogP contribution >= 0.6 is 35.4 Å². The molecular weight excluding hydrogens is 557 g/mol. The van der Waals surface area contributed by atoms with E-state index < -0.39 is 0 Å². The van der Waals surface area contributed by atoms with Crippen molar-refractivity contribution in [3.05, 3.63) is 106 Å². The quantitative estimate of drug-likeness (QED) is 0.237. The minimum atomic E-state index is -0.135. The molecule has 40 heavy (non-hydrogen) atoms. The molecule has 2 aromatic carbocycles. The minimum Gasteiger partial charge on any atom is -0.370 e. The van der Waals surface area contributed by atoms with E-state index in [4.69, 9.17) is 40.4 Å². The highest BCUT2D eigenvalue weighted by Gasteiger charge is 2.42. The number of anilines is 2. The number of halogens is 2. The van der Waals surface area contributed by atoms with Crippen LogP contribution in [0.1, 0.15) is 54.5 Å². The molecule has 0 amide bonds. The number of hydrogen-bond acceptors (Lipinski definition) is 3. The predicted octanol–water partition coefficient (Wildman–Crippen LogP) is 8.21. The van der Waals surface area contributed by atoms with Crippen LogP contribution in [0.4, 0.5) is 11.4 Å². The van der Waals surface area contributed by atoms with Gasteiger partial charge in [0, 0.05) is 47.1 Å². The Morgan fingerprint density at radius 3 is 2.42 bits per heavy atom. The Bertz CT molecular complexity index is 1540. The second-order valence-corrected chi connectivity index (χ2v) is 12.2. The molecule has 1 N–H and O–H groups in total. The number of rotatable bonds is 5. The predicted molar refractivity (Wildman–Crippen MR) is 170 cm³/mol. The second kappa shape index (κ2) is 11.1. The first kappa shape index (κ1) is 27.1. The zero-order valence-electron chi connectivity index (χ0n) is 22.9. The summed E-state index contributed by atoms with van der Waals surface area (Å²) in [6.45, 7) is 8.67. The van der Waals surface area contributed by atoms with Crippen molar-refractivity contribution in [2.24, 2.45) is 5.92 Å². The van der Waals surface area contributed by atoms with Gasteiger partial charge in [0.05, 0.1) is 28.5 Å². The van der Waals surface area contributed by atoms with Crippen LogP contribution in [0.15, 0.2) is 72.9 Å². The van der Waals surface area contributed by atoms with Crippen LogP contribution in [0.5, 0.6) is 0 Å². The van der Waals surface area contributed by atoms with Gasteiger partial charge in [-0.2, -0.15) is 0 Å². The lowest BCUT2D eigenvalue weighted by Crippen LogP contribution is -2.33. The van der Waals surface area contributed by atoms with E-state index in [9.17, 15) is 0 Å². The fraction of sp³-hybridized carbons (Fsp3) is 0.312. The SMILES string of the molecule is Cc1cc([C@@H]2[C@@H](c3ccccn3)NC(=S)N2c2ccc(N3CCC(C)CC3)c(Cl)c2)c(C)n1-c1cccc(Cl)c1. The molecule has 206 valence electrons. The van der Waals surface area contributed by atoms with Crippen LogP contribution in [-0.2, 0) is 0 Å². The Morgan fingerprint density at radius 2 is 1.73 bits per heavy atom. The Balaban J connectivity index is 1.44. The van der Waals surface area contributed by atoms with Gasteiger partial charge in [0.2, 0.25) is 0 Å². The number of nitrogens with one attached hydrogen (secondary N) is 1. The van der Waals surface area contributed by atoms with Gasteiger partial charge in [0.1, 0.15) is 0 Å². The maximum absolute atomic E-state index is 6.97. The lowest BCUT2D eigenvalue weighted by atomic mass is 9.96. The molecule has 4 heterocycles. The molecule has 5 nitrogen and oxygen atoms in total. The van der Waals surface area contributed by atoms with E-state index in [-0.39, 0.29) is 12.1 Å². The monoisotopic (exact) mass is 589 g/mol. The van der Waals surface area contributed by atoms with E-state index in [1.165, 1.54) is 18.4 Å². The van der Waals surface area contributed by atoms with Gasteiger partial charge in [-0.1, -0.05) is 42.3 Å². The summed E-state index contributed by atoms with van der Waals surface area (Å²) in [6.07, 6.45) is 4.21. The fourth-order valence-corrected chi connectivity index (χ4v) is 7.02. The molecule has 2 aliphatic heterocycles. The highest BCUT2D eigenvalue weighted by Crippen LogP contribution is 2.45. The number of piperidine rings is 1. The van der Waals surface area contributed by atoms with E-state index in [1.807, 2.05) is 36.5 Å². The lowest BCUT2D eigenvalue weighted by molar-refractivity contribution is 0.438. The smallest absolute Gasteiger partial charge is 0.174 e. The van der Waals surface area contributed by atoms with Crippen molar-refractivity contribution in [3.63, 3.8) is 0 Å². The van der Waals surface area contributed by atoms with E-state index in [0.29, 0.717) is 10.1 Å². The van der Waals surface area contributed by atoms with Crippen molar-refractivity contribution in [1.29, 1.82) is 0 Å². The third-order valence-corrected chi connectivity index (χ3v) is 9.14. The molecule has 2 atom stereocenters. The summed E-state index contributed by atoms with van der Waals surface area (Å²) in [5.41, 5.74) is 7.46. The molecule has 4 aromatic rings. The van der Waals surface area contributed by atoms with Gasteiger partial charge in [0.15, 0.2) is 5.11 Å². The Hall–Kier alpha value is -3.06. The summed E-state index contributed by atoms with van der Waals surface area (Å²) in [6, 6.07) is 22.3. The van der Waals surface area contributed by atoms with Gasteiger partial charge in [-0.05, 0) is 105 Å². The highest BCUT2D eigenvalue weighted by molar-refractivity contribution is 7.80. The number of hydrogen-bond donors (Lipinski definition) is 1. The summed E-state index contributed by atoms with van der Waals surface area (Å²) < 4.78 is 2.25. The number of pyridine rings is 1. The Morgan fingerprint density at radius 1 is 0.925 bits per heavy atom. The zero-order chi connectivity index (χ0) is 28.0. The first-order chi connectivity index (χ1) is 19.3. The van der Waals surface area contributed by atoms with Crippen LogP contribution < -0.4 is 15.1 Å².